The summed E-state index contributed by atoms with van der Waals surface area (Å²) in [6.45, 7) is 4.08. The fraction of sp³-hybridized carbons (Fsp3) is 0.316. The molecular formula is C19H19Cl2N5O. The molecule has 1 amide bonds. The second kappa shape index (κ2) is 6.69. The normalized spacial score (nSPS) is 14.1. The Labute approximate surface area is 166 Å². The van der Waals surface area contributed by atoms with E-state index < -0.39 is 0 Å². The monoisotopic (exact) mass is 403 g/mol. The molecule has 0 spiro atoms. The van der Waals surface area contributed by atoms with Crippen molar-refractivity contribution in [1.29, 1.82) is 0 Å². The third kappa shape index (κ3) is 3.35. The molecule has 0 bridgehead atoms. The van der Waals surface area contributed by atoms with Gasteiger partial charge in [-0.25, -0.2) is 9.67 Å². The Morgan fingerprint density at radius 2 is 1.93 bits per heavy atom. The molecule has 3 aromatic rings. The number of anilines is 2. The van der Waals surface area contributed by atoms with Gasteiger partial charge in [-0.1, -0.05) is 23.2 Å². The third-order valence-electron chi connectivity index (χ3n) is 4.65. The summed E-state index contributed by atoms with van der Waals surface area (Å²) in [4.78, 5) is 17.8. The summed E-state index contributed by atoms with van der Waals surface area (Å²) in [5.41, 5.74) is 8.74. The first-order valence-electron chi connectivity index (χ1n) is 8.79. The van der Waals surface area contributed by atoms with E-state index in [1.807, 2.05) is 24.6 Å². The Kier molecular flexibility index (Phi) is 4.48. The highest BCUT2D eigenvalue weighted by Crippen LogP contribution is 2.40. The number of halogens is 2. The Morgan fingerprint density at radius 1 is 1.26 bits per heavy atom. The van der Waals surface area contributed by atoms with Gasteiger partial charge >= 0.3 is 0 Å². The predicted molar refractivity (Wildman–Crippen MR) is 109 cm³/mol. The molecule has 6 nitrogen and oxygen atoms in total. The van der Waals surface area contributed by atoms with Crippen molar-refractivity contribution in [3.05, 3.63) is 45.7 Å². The van der Waals surface area contributed by atoms with Crippen LogP contribution in [0, 0.1) is 0 Å². The van der Waals surface area contributed by atoms with Gasteiger partial charge in [0.15, 0.2) is 5.65 Å². The maximum atomic E-state index is 13.0. The Morgan fingerprint density at radius 3 is 2.52 bits per heavy atom. The van der Waals surface area contributed by atoms with E-state index in [0.29, 0.717) is 27.2 Å². The molecular weight excluding hydrogens is 385 g/mol. The fourth-order valence-corrected chi connectivity index (χ4v) is 3.53. The van der Waals surface area contributed by atoms with E-state index in [1.54, 1.807) is 18.3 Å². The van der Waals surface area contributed by atoms with Crippen LogP contribution in [0.15, 0.2) is 24.4 Å². The number of benzene rings is 1. The predicted octanol–water partition coefficient (Wildman–Crippen LogP) is 5.03. The lowest BCUT2D eigenvalue weighted by molar-refractivity contribution is 0.102. The maximum absolute atomic E-state index is 13.0. The zero-order valence-corrected chi connectivity index (χ0v) is 16.5. The van der Waals surface area contributed by atoms with E-state index in [1.165, 1.54) is 0 Å². The van der Waals surface area contributed by atoms with E-state index in [0.717, 1.165) is 29.6 Å². The molecule has 1 aromatic carbocycles. The van der Waals surface area contributed by atoms with Crippen molar-refractivity contribution < 1.29 is 4.79 Å². The van der Waals surface area contributed by atoms with E-state index >= 15 is 0 Å². The minimum absolute atomic E-state index is 0.148. The molecule has 1 fully saturated rings. The first kappa shape index (κ1) is 18.1. The molecule has 140 valence electrons. The summed E-state index contributed by atoms with van der Waals surface area (Å²) < 4.78 is 1.84. The van der Waals surface area contributed by atoms with Crippen molar-refractivity contribution >= 4 is 51.5 Å². The first-order chi connectivity index (χ1) is 12.8. The Bertz CT molecular complexity index is 1030. The molecule has 0 unspecified atom stereocenters. The minimum atomic E-state index is -0.260. The van der Waals surface area contributed by atoms with Crippen molar-refractivity contribution in [2.75, 3.05) is 11.1 Å². The number of amides is 1. The lowest BCUT2D eigenvalue weighted by atomic mass is 10.1. The second-order valence-corrected chi connectivity index (χ2v) is 7.91. The van der Waals surface area contributed by atoms with E-state index in [2.05, 4.69) is 10.4 Å². The van der Waals surface area contributed by atoms with Gasteiger partial charge in [0.25, 0.3) is 5.91 Å². The quantitative estimate of drug-likeness (QED) is 0.597. The Balaban J connectivity index is 1.77. The maximum Gasteiger partial charge on any atom is 0.256 e. The molecule has 0 radical (unpaired) electrons. The van der Waals surface area contributed by atoms with Crippen LogP contribution in [0.2, 0.25) is 10.0 Å². The largest absolute Gasteiger partial charge is 0.396 e. The molecule has 8 heteroatoms. The molecule has 27 heavy (non-hydrogen) atoms. The number of hydrogen-bond donors (Lipinski definition) is 2. The highest BCUT2D eigenvalue weighted by molar-refractivity contribution is 6.39. The molecule has 0 atom stereocenters. The average Bonchev–Trinajstić information content (AvgIpc) is 3.37. The van der Waals surface area contributed by atoms with Crippen LogP contribution in [-0.4, -0.2) is 20.7 Å². The number of fused-ring (bicyclic) bond motifs is 1. The minimum Gasteiger partial charge on any atom is -0.396 e. The van der Waals surface area contributed by atoms with Crippen LogP contribution >= 0.6 is 23.2 Å². The number of nitrogens with one attached hydrogen (secondary N) is 1. The standard InChI is InChI=1S/C19H19Cl2N5O/c1-9(2)26-18-13(8-23-26)12(7-16(25-18)10-3-4-10)19(27)24-11-5-14(20)17(22)15(21)6-11/h5-10H,3-4,22H2,1-2H3,(H,24,27). The zero-order valence-electron chi connectivity index (χ0n) is 15.0. The number of carbonyl (C=O) groups is 1. The van der Waals surface area contributed by atoms with Crippen LogP contribution in [0.5, 0.6) is 0 Å². The number of carbonyl (C=O) groups excluding carboxylic acids is 1. The van der Waals surface area contributed by atoms with Gasteiger partial charge in [-0.3, -0.25) is 4.79 Å². The molecule has 0 saturated heterocycles. The van der Waals surface area contributed by atoms with Gasteiger partial charge in [-0.05, 0) is 44.9 Å². The van der Waals surface area contributed by atoms with Gasteiger partial charge in [0.2, 0.25) is 0 Å². The SMILES string of the molecule is CC(C)n1ncc2c(C(=O)Nc3cc(Cl)c(N)c(Cl)c3)cc(C3CC3)nc21. The van der Waals surface area contributed by atoms with E-state index in [-0.39, 0.29) is 17.6 Å². The lowest BCUT2D eigenvalue weighted by Gasteiger charge is -2.11. The number of aromatic nitrogens is 3. The van der Waals surface area contributed by atoms with Crippen LogP contribution < -0.4 is 11.1 Å². The molecule has 4 rings (SSSR count). The summed E-state index contributed by atoms with van der Waals surface area (Å²) in [6, 6.07) is 5.17. The van der Waals surface area contributed by atoms with Crippen LogP contribution in [0.4, 0.5) is 11.4 Å². The Hall–Kier alpha value is -2.31. The van der Waals surface area contributed by atoms with Crippen molar-refractivity contribution in [2.24, 2.45) is 0 Å². The molecule has 1 saturated carbocycles. The van der Waals surface area contributed by atoms with Crippen LogP contribution in [0.1, 0.15) is 54.7 Å². The number of hydrogen-bond acceptors (Lipinski definition) is 4. The number of nitrogens with zero attached hydrogens (tertiary/aromatic N) is 3. The summed E-state index contributed by atoms with van der Waals surface area (Å²) in [5, 5.41) is 8.59. The van der Waals surface area contributed by atoms with Crippen molar-refractivity contribution in [1.82, 2.24) is 14.8 Å². The van der Waals surface area contributed by atoms with Gasteiger partial charge in [0, 0.05) is 23.3 Å². The van der Waals surface area contributed by atoms with Crippen molar-refractivity contribution in [3.63, 3.8) is 0 Å². The van der Waals surface area contributed by atoms with E-state index in [4.69, 9.17) is 33.9 Å². The van der Waals surface area contributed by atoms with Gasteiger partial charge in [0.05, 0.1) is 32.9 Å². The number of rotatable bonds is 4. The van der Waals surface area contributed by atoms with Crippen molar-refractivity contribution in [3.8, 4) is 0 Å². The summed E-state index contributed by atoms with van der Waals surface area (Å²) >= 11 is 12.1. The zero-order chi connectivity index (χ0) is 19.3. The van der Waals surface area contributed by atoms with E-state index in [9.17, 15) is 4.79 Å². The molecule has 2 aromatic heterocycles. The molecule has 1 aliphatic carbocycles. The lowest BCUT2D eigenvalue weighted by Crippen LogP contribution is -2.14. The molecule has 1 aliphatic rings. The molecule has 2 heterocycles. The van der Waals surface area contributed by atoms with Gasteiger partial charge in [-0.2, -0.15) is 5.10 Å². The third-order valence-corrected chi connectivity index (χ3v) is 5.28. The smallest absolute Gasteiger partial charge is 0.256 e. The van der Waals surface area contributed by atoms with Crippen LogP contribution in [0.3, 0.4) is 0 Å². The molecule has 0 aliphatic heterocycles. The fourth-order valence-electron chi connectivity index (χ4n) is 3.05. The number of pyridine rings is 1. The van der Waals surface area contributed by atoms with Crippen LogP contribution in [0.25, 0.3) is 11.0 Å². The van der Waals surface area contributed by atoms with Gasteiger partial charge in [-0.15, -0.1) is 0 Å². The summed E-state index contributed by atoms with van der Waals surface area (Å²) in [7, 11) is 0. The average molecular weight is 404 g/mol. The molecule has 3 N–H and O–H groups in total. The second-order valence-electron chi connectivity index (χ2n) is 7.10. The number of nitrogens with two attached hydrogens (primary N) is 1. The number of nitrogen functional groups attached to an aromatic ring is 1. The van der Waals surface area contributed by atoms with Gasteiger partial charge in [0.1, 0.15) is 0 Å². The highest BCUT2D eigenvalue weighted by Gasteiger charge is 2.28. The summed E-state index contributed by atoms with van der Waals surface area (Å²) in [5.74, 6) is 0.154. The van der Waals surface area contributed by atoms with Crippen LogP contribution in [-0.2, 0) is 0 Å². The van der Waals surface area contributed by atoms with Gasteiger partial charge < -0.3 is 11.1 Å². The summed E-state index contributed by atoms with van der Waals surface area (Å²) in [6.07, 6.45) is 3.88. The van der Waals surface area contributed by atoms with Crippen molar-refractivity contribution in [2.45, 2.75) is 38.6 Å². The first-order valence-corrected chi connectivity index (χ1v) is 9.54. The topological polar surface area (TPSA) is 85.8 Å². The highest BCUT2D eigenvalue weighted by atomic mass is 35.5.